The lowest BCUT2D eigenvalue weighted by molar-refractivity contribution is 0.899. The fourth-order valence-electron chi connectivity index (χ4n) is 0.495. The molecule has 0 saturated heterocycles. The Morgan fingerprint density at radius 3 is 2.62 bits per heavy atom. The van der Waals surface area contributed by atoms with Gasteiger partial charge in [-0.15, -0.1) is 0 Å². The van der Waals surface area contributed by atoms with Crippen LogP contribution in [0, 0.1) is 12.8 Å². The van der Waals surface area contributed by atoms with Gasteiger partial charge in [0.1, 0.15) is 5.92 Å². The average Bonchev–Trinajstić information content (AvgIpc) is 1.66. The van der Waals surface area contributed by atoms with Gasteiger partial charge in [-0.25, -0.2) is 0 Å². The van der Waals surface area contributed by atoms with Crippen molar-refractivity contribution < 1.29 is 0 Å². The molecule has 0 saturated carbocycles. The SMILES string of the molecule is [CH2+]C(C)/C=C\CCC. The second-order valence-electron chi connectivity index (χ2n) is 2.19. The van der Waals surface area contributed by atoms with Crippen LogP contribution < -0.4 is 0 Å². The van der Waals surface area contributed by atoms with Gasteiger partial charge in [-0.05, 0) is 19.4 Å². The Hall–Kier alpha value is -0.390. The minimum absolute atomic E-state index is 0.474. The molecular weight excluding hydrogens is 96.1 g/mol. The molecule has 0 rings (SSSR count). The number of hydrogen-bond acceptors (Lipinski definition) is 0. The zero-order chi connectivity index (χ0) is 6.41. The highest BCUT2D eigenvalue weighted by Crippen LogP contribution is 1.95. The van der Waals surface area contributed by atoms with Gasteiger partial charge in [-0.3, -0.25) is 0 Å². The highest BCUT2D eigenvalue weighted by atomic mass is 13.9. The molecule has 0 N–H and O–H groups in total. The highest BCUT2D eigenvalue weighted by molar-refractivity contribution is 4.86. The van der Waals surface area contributed by atoms with Crippen molar-refractivity contribution in [1.82, 2.24) is 0 Å². The van der Waals surface area contributed by atoms with Crippen molar-refractivity contribution in [3.8, 4) is 0 Å². The lowest BCUT2D eigenvalue weighted by Gasteiger charge is -1.84. The molecule has 0 heteroatoms. The predicted molar refractivity (Wildman–Crippen MR) is 38.6 cm³/mol. The summed E-state index contributed by atoms with van der Waals surface area (Å²) < 4.78 is 0. The number of unbranched alkanes of at least 4 members (excludes halogenated alkanes) is 1. The predicted octanol–water partition coefficient (Wildman–Crippen LogP) is 2.81. The summed E-state index contributed by atoms with van der Waals surface area (Å²) >= 11 is 0. The third kappa shape index (κ3) is 5.61. The monoisotopic (exact) mass is 111 g/mol. The molecule has 8 heavy (non-hydrogen) atoms. The van der Waals surface area contributed by atoms with Crippen molar-refractivity contribution in [3.05, 3.63) is 19.1 Å². The summed E-state index contributed by atoms with van der Waals surface area (Å²) in [6.07, 6.45) is 6.77. The van der Waals surface area contributed by atoms with Crippen LogP contribution in [0.1, 0.15) is 26.7 Å². The van der Waals surface area contributed by atoms with Gasteiger partial charge in [0.15, 0.2) is 0 Å². The van der Waals surface area contributed by atoms with E-state index in [-0.39, 0.29) is 0 Å². The van der Waals surface area contributed by atoms with Crippen molar-refractivity contribution >= 4 is 0 Å². The fourth-order valence-corrected chi connectivity index (χ4v) is 0.495. The lowest BCUT2D eigenvalue weighted by Crippen LogP contribution is -1.76. The van der Waals surface area contributed by atoms with Gasteiger partial charge >= 0.3 is 0 Å². The van der Waals surface area contributed by atoms with E-state index in [9.17, 15) is 0 Å². The van der Waals surface area contributed by atoms with E-state index in [4.69, 9.17) is 0 Å². The molecule has 0 spiro atoms. The first-order valence-electron chi connectivity index (χ1n) is 3.27. The standard InChI is InChI=1S/C8H15/c1-4-5-6-7-8(2)3/h6-8H,2,4-5H2,1,3H3/q+1/b7-6-. The first-order valence-corrected chi connectivity index (χ1v) is 3.27. The molecule has 0 heterocycles. The Bertz CT molecular complexity index is 60.4. The Morgan fingerprint density at radius 1 is 1.62 bits per heavy atom. The Kier molecular flexibility index (Phi) is 4.53. The van der Waals surface area contributed by atoms with Gasteiger partial charge in [0.2, 0.25) is 0 Å². The first-order chi connectivity index (χ1) is 3.77. The van der Waals surface area contributed by atoms with E-state index in [1.165, 1.54) is 12.8 Å². The van der Waals surface area contributed by atoms with Crippen LogP contribution in [0.5, 0.6) is 0 Å². The maximum atomic E-state index is 3.82. The van der Waals surface area contributed by atoms with Crippen LogP contribution in [0.4, 0.5) is 0 Å². The summed E-state index contributed by atoms with van der Waals surface area (Å²) in [6, 6.07) is 0. The van der Waals surface area contributed by atoms with Crippen LogP contribution in [0.3, 0.4) is 0 Å². The maximum Gasteiger partial charge on any atom is 0.110 e. The number of hydrogen-bond donors (Lipinski definition) is 0. The molecule has 1 unspecified atom stereocenters. The molecule has 1 atom stereocenters. The van der Waals surface area contributed by atoms with Crippen molar-refractivity contribution in [2.24, 2.45) is 5.92 Å². The fraction of sp³-hybridized carbons (Fsp3) is 0.625. The van der Waals surface area contributed by atoms with Crippen molar-refractivity contribution in [1.29, 1.82) is 0 Å². The van der Waals surface area contributed by atoms with Crippen LogP contribution in [0.25, 0.3) is 0 Å². The third-order valence-corrected chi connectivity index (χ3v) is 0.920. The number of allylic oxidation sites excluding steroid dienone is 2. The van der Waals surface area contributed by atoms with E-state index < -0.39 is 0 Å². The summed E-state index contributed by atoms with van der Waals surface area (Å²) in [5.74, 6) is 0.474. The molecule has 0 amide bonds. The minimum atomic E-state index is 0.474. The third-order valence-electron chi connectivity index (χ3n) is 0.920. The second kappa shape index (κ2) is 4.76. The van der Waals surface area contributed by atoms with E-state index in [0.717, 1.165) is 0 Å². The molecule has 46 valence electrons. The normalized spacial score (nSPS) is 14.8. The van der Waals surface area contributed by atoms with Gasteiger partial charge in [0.25, 0.3) is 0 Å². The van der Waals surface area contributed by atoms with Gasteiger partial charge in [0.05, 0.1) is 6.92 Å². The molecule has 0 aromatic heterocycles. The maximum absolute atomic E-state index is 3.82. The Morgan fingerprint density at radius 2 is 2.25 bits per heavy atom. The van der Waals surface area contributed by atoms with Crippen molar-refractivity contribution in [2.45, 2.75) is 26.7 Å². The molecular formula is C8H15+. The number of rotatable bonds is 3. The molecule has 0 aliphatic heterocycles. The van der Waals surface area contributed by atoms with Crippen LogP contribution >= 0.6 is 0 Å². The summed E-state index contributed by atoms with van der Waals surface area (Å²) in [5, 5.41) is 0. The molecule has 0 aliphatic rings. The molecule has 0 bridgehead atoms. The van der Waals surface area contributed by atoms with E-state index >= 15 is 0 Å². The van der Waals surface area contributed by atoms with Crippen LogP contribution in [-0.2, 0) is 0 Å². The van der Waals surface area contributed by atoms with E-state index in [1.54, 1.807) is 0 Å². The summed E-state index contributed by atoms with van der Waals surface area (Å²) in [4.78, 5) is 0. The van der Waals surface area contributed by atoms with Crippen LogP contribution in [-0.4, -0.2) is 0 Å². The molecule has 0 radical (unpaired) electrons. The van der Waals surface area contributed by atoms with Gasteiger partial charge < -0.3 is 0 Å². The van der Waals surface area contributed by atoms with Gasteiger partial charge in [-0.2, -0.15) is 0 Å². The summed E-state index contributed by atoms with van der Waals surface area (Å²) in [5.41, 5.74) is 0. The summed E-state index contributed by atoms with van der Waals surface area (Å²) in [7, 11) is 0. The second-order valence-corrected chi connectivity index (χ2v) is 2.19. The summed E-state index contributed by atoms with van der Waals surface area (Å²) in [6.45, 7) is 8.09. The van der Waals surface area contributed by atoms with E-state index in [1.807, 2.05) is 0 Å². The zero-order valence-electron chi connectivity index (χ0n) is 5.85. The molecule has 0 aromatic rings. The van der Waals surface area contributed by atoms with Gasteiger partial charge in [0, 0.05) is 0 Å². The molecule has 0 aliphatic carbocycles. The lowest BCUT2D eigenvalue weighted by atomic mass is 10.2. The first kappa shape index (κ1) is 7.61. The topological polar surface area (TPSA) is 0 Å². The average molecular weight is 111 g/mol. The van der Waals surface area contributed by atoms with Crippen LogP contribution in [0.2, 0.25) is 0 Å². The minimum Gasteiger partial charge on any atom is -0.0841 e. The molecule has 0 fully saturated rings. The largest absolute Gasteiger partial charge is 0.110 e. The Balaban J connectivity index is 3.07. The Labute approximate surface area is 52.6 Å². The van der Waals surface area contributed by atoms with Gasteiger partial charge in [-0.1, -0.05) is 19.4 Å². The van der Waals surface area contributed by atoms with Crippen molar-refractivity contribution in [2.75, 3.05) is 0 Å². The quantitative estimate of drug-likeness (QED) is 0.388. The van der Waals surface area contributed by atoms with Crippen molar-refractivity contribution in [3.63, 3.8) is 0 Å². The van der Waals surface area contributed by atoms with E-state index in [0.29, 0.717) is 5.92 Å². The highest BCUT2D eigenvalue weighted by Gasteiger charge is 1.88. The smallest absolute Gasteiger partial charge is 0.0841 e. The molecule has 0 aromatic carbocycles. The zero-order valence-corrected chi connectivity index (χ0v) is 5.85. The molecule has 0 nitrogen and oxygen atoms in total. The van der Waals surface area contributed by atoms with Crippen LogP contribution in [0.15, 0.2) is 12.2 Å². The van der Waals surface area contributed by atoms with E-state index in [2.05, 4.69) is 32.9 Å².